The summed E-state index contributed by atoms with van der Waals surface area (Å²) in [6.45, 7) is 0. The van der Waals surface area contributed by atoms with Gasteiger partial charge in [0.1, 0.15) is 6.04 Å². The number of halogens is 5. The molecule has 1 aromatic rings. The topological polar surface area (TPSA) is 26.0 Å². The Balaban J connectivity index is 2.89. The fourth-order valence-electron chi connectivity index (χ4n) is 1.04. The van der Waals surface area contributed by atoms with Gasteiger partial charge in [-0.25, -0.2) is 8.78 Å². The van der Waals surface area contributed by atoms with Gasteiger partial charge in [0.25, 0.3) is 6.43 Å². The molecule has 0 aliphatic heterocycles. The quantitative estimate of drug-likeness (QED) is 0.768. The Labute approximate surface area is 82.7 Å². The van der Waals surface area contributed by atoms with E-state index in [1.165, 1.54) is 0 Å². The SMILES string of the molecule is N[C@@H](c1ccc(C(F)F)cc1)C(F)(F)F. The van der Waals surface area contributed by atoms with E-state index in [-0.39, 0.29) is 11.1 Å². The first kappa shape index (κ1) is 11.9. The highest BCUT2D eigenvalue weighted by atomic mass is 19.4. The molecule has 15 heavy (non-hydrogen) atoms. The molecule has 0 aromatic heterocycles. The van der Waals surface area contributed by atoms with E-state index in [1.54, 1.807) is 0 Å². The molecule has 0 spiro atoms. The molecule has 0 radical (unpaired) electrons. The van der Waals surface area contributed by atoms with Crippen LogP contribution in [0.25, 0.3) is 0 Å². The predicted molar refractivity (Wildman–Crippen MR) is 44.4 cm³/mol. The lowest BCUT2D eigenvalue weighted by atomic mass is 10.1. The lowest BCUT2D eigenvalue weighted by Crippen LogP contribution is -2.28. The number of alkyl halides is 5. The third kappa shape index (κ3) is 2.89. The first-order valence-electron chi connectivity index (χ1n) is 4.02. The van der Waals surface area contributed by atoms with Gasteiger partial charge in [0, 0.05) is 5.56 Å². The van der Waals surface area contributed by atoms with E-state index < -0.39 is 18.6 Å². The van der Waals surface area contributed by atoms with Gasteiger partial charge in [-0.1, -0.05) is 24.3 Å². The Morgan fingerprint density at radius 1 is 0.933 bits per heavy atom. The summed E-state index contributed by atoms with van der Waals surface area (Å²) in [6, 6.07) is 1.65. The second-order valence-corrected chi connectivity index (χ2v) is 2.99. The Morgan fingerprint density at radius 2 is 1.33 bits per heavy atom. The standard InChI is InChI=1S/C9H8F5N/c10-8(11)6-3-1-5(2-4-6)7(15)9(12,13)14/h1-4,7-8H,15H2/t7-/m0/s1. The van der Waals surface area contributed by atoms with Crippen LogP contribution >= 0.6 is 0 Å². The van der Waals surface area contributed by atoms with Crippen molar-refractivity contribution in [3.63, 3.8) is 0 Å². The highest BCUT2D eigenvalue weighted by molar-refractivity contribution is 5.26. The first-order valence-corrected chi connectivity index (χ1v) is 4.02. The maximum atomic E-state index is 12.1. The molecule has 0 heterocycles. The lowest BCUT2D eigenvalue weighted by Gasteiger charge is -2.15. The van der Waals surface area contributed by atoms with Gasteiger partial charge < -0.3 is 5.73 Å². The second-order valence-electron chi connectivity index (χ2n) is 2.99. The predicted octanol–water partition coefficient (Wildman–Crippen LogP) is 3.19. The van der Waals surface area contributed by atoms with Crippen LogP contribution in [0.15, 0.2) is 24.3 Å². The average molecular weight is 225 g/mol. The summed E-state index contributed by atoms with van der Waals surface area (Å²) in [6.07, 6.45) is -7.26. The maximum absolute atomic E-state index is 12.1. The van der Waals surface area contributed by atoms with Crippen molar-refractivity contribution in [2.75, 3.05) is 0 Å². The second kappa shape index (κ2) is 4.14. The third-order valence-corrected chi connectivity index (χ3v) is 1.90. The molecule has 1 nitrogen and oxygen atoms in total. The van der Waals surface area contributed by atoms with Gasteiger partial charge in [-0.3, -0.25) is 0 Å². The summed E-state index contributed by atoms with van der Waals surface area (Å²) in [5.41, 5.74) is 4.33. The molecule has 0 fully saturated rings. The summed E-state index contributed by atoms with van der Waals surface area (Å²) in [5.74, 6) is 0. The molecular formula is C9H8F5N. The van der Waals surface area contributed by atoms with E-state index in [4.69, 9.17) is 5.73 Å². The Kier molecular flexibility index (Phi) is 3.28. The van der Waals surface area contributed by atoms with Gasteiger partial charge in [0.15, 0.2) is 0 Å². The molecule has 0 saturated carbocycles. The molecular weight excluding hydrogens is 217 g/mol. The fraction of sp³-hybridized carbons (Fsp3) is 0.333. The van der Waals surface area contributed by atoms with Gasteiger partial charge >= 0.3 is 6.18 Å². The molecule has 0 bridgehead atoms. The van der Waals surface area contributed by atoms with Crippen molar-refractivity contribution in [1.29, 1.82) is 0 Å². The van der Waals surface area contributed by atoms with Gasteiger partial charge in [-0.15, -0.1) is 0 Å². The largest absolute Gasteiger partial charge is 0.407 e. The van der Waals surface area contributed by atoms with Crippen LogP contribution in [0, 0.1) is 0 Å². The summed E-state index contributed by atoms with van der Waals surface area (Å²) < 4.78 is 60.5. The van der Waals surface area contributed by atoms with E-state index in [9.17, 15) is 22.0 Å². The minimum atomic E-state index is -4.56. The number of nitrogens with two attached hydrogens (primary N) is 1. The molecule has 1 aromatic carbocycles. The summed E-state index contributed by atoms with van der Waals surface area (Å²) in [5, 5.41) is 0. The van der Waals surface area contributed by atoms with Crippen molar-refractivity contribution < 1.29 is 22.0 Å². The van der Waals surface area contributed by atoms with Crippen LogP contribution < -0.4 is 5.73 Å². The highest BCUT2D eigenvalue weighted by Gasteiger charge is 2.37. The van der Waals surface area contributed by atoms with Crippen LogP contribution in [0.5, 0.6) is 0 Å². The molecule has 1 rings (SSSR count). The minimum absolute atomic E-state index is 0.230. The molecule has 84 valence electrons. The van der Waals surface area contributed by atoms with Crippen LogP contribution in [0.3, 0.4) is 0 Å². The fourth-order valence-corrected chi connectivity index (χ4v) is 1.04. The molecule has 0 amide bonds. The number of hydrogen-bond acceptors (Lipinski definition) is 1. The van der Waals surface area contributed by atoms with E-state index in [2.05, 4.69) is 0 Å². The van der Waals surface area contributed by atoms with Crippen LogP contribution in [-0.2, 0) is 0 Å². The zero-order valence-corrected chi connectivity index (χ0v) is 7.43. The highest BCUT2D eigenvalue weighted by Crippen LogP contribution is 2.31. The third-order valence-electron chi connectivity index (χ3n) is 1.90. The monoisotopic (exact) mass is 225 g/mol. The average Bonchev–Trinajstić information content (AvgIpc) is 2.15. The first-order chi connectivity index (χ1) is 6.82. The molecule has 0 aliphatic rings. The lowest BCUT2D eigenvalue weighted by molar-refractivity contribution is -0.149. The van der Waals surface area contributed by atoms with Crippen molar-refractivity contribution in [3.05, 3.63) is 35.4 Å². The molecule has 0 saturated heterocycles. The van der Waals surface area contributed by atoms with Crippen LogP contribution in [-0.4, -0.2) is 6.18 Å². The normalized spacial score (nSPS) is 14.3. The van der Waals surface area contributed by atoms with E-state index in [1.807, 2.05) is 0 Å². The van der Waals surface area contributed by atoms with Crippen LogP contribution in [0.2, 0.25) is 0 Å². The zero-order valence-electron chi connectivity index (χ0n) is 7.43. The van der Waals surface area contributed by atoms with Crippen LogP contribution in [0.4, 0.5) is 22.0 Å². The van der Waals surface area contributed by atoms with Gasteiger partial charge in [-0.2, -0.15) is 13.2 Å². The smallest absolute Gasteiger partial charge is 0.316 e. The van der Waals surface area contributed by atoms with Crippen molar-refractivity contribution in [2.45, 2.75) is 18.6 Å². The van der Waals surface area contributed by atoms with Crippen molar-refractivity contribution in [2.24, 2.45) is 5.73 Å². The van der Waals surface area contributed by atoms with E-state index >= 15 is 0 Å². The molecule has 2 N–H and O–H groups in total. The van der Waals surface area contributed by atoms with Crippen molar-refractivity contribution in [3.8, 4) is 0 Å². The summed E-state index contributed by atoms with van der Waals surface area (Å²) >= 11 is 0. The number of benzene rings is 1. The van der Waals surface area contributed by atoms with E-state index in [0.717, 1.165) is 24.3 Å². The van der Waals surface area contributed by atoms with Gasteiger partial charge in [0.05, 0.1) is 0 Å². The number of hydrogen-bond donors (Lipinski definition) is 1. The molecule has 1 atom stereocenters. The molecule has 6 heteroatoms. The maximum Gasteiger partial charge on any atom is 0.407 e. The van der Waals surface area contributed by atoms with Crippen LogP contribution in [0.1, 0.15) is 23.6 Å². The Bertz CT molecular complexity index is 316. The van der Waals surface area contributed by atoms with E-state index in [0.29, 0.717) is 0 Å². The zero-order chi connectivity index (χ0) is 11.6. The Hall–Kier alpha value is -1.17. The van der Waals surface area contributed by atoms with Crippen molar-refractivity contribution in [1.82, 2.24) is 0 Å². The Morgan fingerprint density at radius 3 is 1.67 bits per heavy atom. The van der Waals surface area contributed by atoms with Gasteiger partial charge in [-0.05, 0) is 5.56 Å². The summed E-state index contributed by atoms with van der Waals surface area (Å²) in [7, 11) is 0. The molecule has 0 aliphatic carbocycles. The van der Waals surface area contributed by atoms with Crippen molar-refractivity contribution >= 4 is 0 Å². The number of rotatable bonds is 2. The van der Waals surface area contributed by atoms with Gasteiger partial charge in [0.2, 0.25) is 0 Å². The molecule has 0 unspecified atom stereocenters. The minimum Gasteiger partial charge on any atom is -0.316 e. The summed E-state index contributed by atoms with van der Waals surface area (Å²) in [4.78, 5) is 0.